The molecule has 0 aromatic heterocycles. The highest BCUT2D eigenvalue weighted by Crippen LogP contribution is 2.21. The van der Waals surface area contributed by atoms with Gasteiger partial charge < -0.3 is 19.7 Å². The molecule has 0 radical (unpaired) electrons. The number of benzene rings is 2. The lowest BCUT2D eigenvalue weighted by molar-refractivity contribution is 0.0597. The van der Waals surface area contributed by atoms with Crippen LogP contribution < -0.4 is 10.1 Å². The van der Waals surface area contributed by atoms with Crippen LogP contribution in [0.5, 0.6) is 5.75 Å². The number of methoxy groups -OCH3 is 2. The standard InChI is InChI=1S/C23H30N4O3/c1-24-23(25-16-19-9-10-21(29-2)20(15-19)22(28)30-3)27-13-11-26(12-14-27)17-18-7-5-4-6-8-18/h4-10,15H,11-14,16-17H2,1-3H3,(H,24,25). The third-order valence-electron chi connectivity index (χ3n) is 5.25. The number of nitrogens with zero attached hydrogens (tertiary/aromatic N) is 3. The highest BCUT2D eigenvalue weighted by molar-refractivity contribution is 5.92. The van der Waals surface area contributed by atoms with Gasteiger partial charge in [0.05, 0.1) is 14.2 Å². The lowest BCUT2D eigenvalue weighted by Gasteiger charge is -2.36. The van der Waals surface area contributed by atoms with Crippen LogP contribution in [0.15, 0.2) is 53.5 Å². The maximum Gasteiger partial charge on any atom is 0.341 e. The molecule has 0 amide bonds. The van der Waals surface area contributed by atoms with Gasteiger partial charge in [0, 0.05) is 46.3 Å². The van der Waals surface area contributed by atoms with Crippen molar-refractivity contribution in [2.75, 3.05) is 47.4 Å². The molecule has 160 valence electrons. The smallest absolute Gasteiger partial charge is 0.341 e. The second-order valence-electron chi connectivity index (χ2n) is 7.18. The summed E-state index contributed by atoms with van der Waals surface area (Å²) in [5.74, 6) is 0.960. The normalized spacial score (nSPS) is 15.0. The van der Waals surface area contributed by atoms with Gasteiger partial charge in [0.2, 0.25) is 0 Å². The highest BCUT2D eigenvalue weighted by atomic mass is 16.5. The van der Waals surface area contributed by atoms with Gasteiger partial charge in [-0.2, -0.15) is 0 Å². The number of carbonyl (C=O) groups is 1. The number of nitrogens with one attached hydrogen (secondary N) is 1. The van der Waals surface area contributed by atoms with Crippen molar-refractivity contribution in [1.29, 1.82) is 0 Å². The largest absolute Gasteiger partial charge is 0.496 e. The van der Waals surface area contributed by atoms with E-state index in [1.54, 1.807) is 26.3 Å². The van der Waals surface area contributed by atoms with Crippen LogP contribution in [-0.2, 0) is 17.8 Å². The molecule has 2 aromatic carbocycles. The van der Waals surface area contributed by atoms with Gasteiger partial charge in [-0.05, 0) is 23.3 Å². The van der Waals surface area contributed by atoms with Crippen molar-refractivity contribution in [3.8, 4) is 5.75 Å². The number of rotatable bonds is 6. The molecule has 0 bridgehead atoms. The quantitative estimate of drug-likeness (QED) is 0.448. The van der Waals surface area contributed by atoms with Crippen molar-refractivity contribution in [3.63, 3.8) is 0 Å². The molecule has 0 saturated carbocycles. The van der Waals surface area contributed by atoms with Gasteiger partial charge in [0.1, 0.15) is 11.3 Å². The Hall–Kier alpha value is -3.06. The summed E-state index contributed by atoms with van der Waals surface area (Å²) in [6.45, 7) is 5.36. The predicted molar refractivity (Wildman–Crippen MR) is 118 cm³/mol. The third kappa shape index (κ3) is 5.51. The van der Waals surface area contributed by atoms with Crippen molar-refractivity contribution < 1.29 is 14.3 Å². The Bertz CT molecular complexity index is 862. The summed E-state index contributed by atoms with van der Waals surface area (Å²) in [5.41, 5.74) is 2.72. The van der Waals surface area contributed by atoms with E-state index in [2.05, 4.69) is 44.4 Å². The average Bonchev–Trinajstić information content (AvgIpc) is 2.80. The number of carbonyl (C=O) groups excluding carboxylic acids is 1. The minimum Gasteiger partial charge on any atom is -0.496 e. The first-order valence-corrected chi connectivity index (χ1v) is 10.1. The van der Waals surface area contributed by atoms with E-state index in [0.717, 1.165) is 44.2 Å². The number of hydrogen-bond donors (Lipinski definition) is 1. The molecule has 0 aliphatic carbocycles. The SMILES string of the molecule is CN=C(NCc1ccc(OC)c(C(=O)OC)c1)N1CCN(Cc2ccccc2)CC1. The fourth-order valence-electron chi connectivity index (χ4n) is 3.61. The van der Waals surface area contributed by atoms with Gasteiger partial charge in [-0.25, -0.2) is 4.79 Å². The number of esters is 1. The maximum atomic E-state index is 12.0. The van der Waals surface area contributed by atoms with Crippen LogP contribution in [-0.4, -0.2) is 69.2 Å². The third-order valence-corrected chi connectivity index (χ3v) is 5.25. The summed E-state index contributed by atoms with van der Waals surface area (Å²) in [7, 11) is 4.71. The first-order valence-electron chi connectivity index (χ1n) is 10.1. The molecule has 1 N–H and O–H groups in total. The monoisotopic (exact) mass is 410 g/mol. The van der Waals surface area contributed by atoms with E-state index in [0.29, 0.717) is 17.9 Å². The van der Waals surface area contributed by atoms with Gasteiger partial charge in [0.15, 0.2) is 5.96 Å². The second kappa shape index (κ2) is 10.6. The molecule has 1 fully saturated rings. The van der Waals surface area contributed by atoms with E-state index in [4.69, 9.17) is 9.47 Å². The predicted octanol–water partition coefficient (Wildman–Crippen LogP) is 2.38. The first kappa shape index (κ1) is 21.6. The number of guanidine groups is 1. The van der Waals surface area contributed by atoms with Crippen molar-refractivity contribution in [3.05, 3.63) is 65.2 Å². The Kier molecular flexibility index (Phi) is 7.68. The Balaban J connectivity index is 1.55. The molecular weight excluding hydrogens is 380 g/mol. The minimum atomic E-state index is -0.410. The van der Waals surface area contributed by atoms with Gasteiger partial charge in [-0.15, -0.1) is 0 Å². The highest BCUT2D eigenvalue weighted by Gasteiger charge is 2.20. The molecule has 1 heterocycles. The van der Waals surface area contributed by atoms with Gasteiger partial charge in [-0.3, -0.25) is 9.89 Å². The van der Waals surface area contributed by atoms with Gasteiger partial charge in [-0.1, -0.05) is 36.4 Å². The van der Waals surface area contributed by atoms with Crippen LogP contribution in [0.3, 0.4) is 0 Å². The summed E-state index contributed by atoms with van der Waals surface area (Å²) in [5, 5.41) is 3.41. The molecule has 0 spiro atoms. The number of aliphatic imine (C=N–C) groups is 1. The van der Waals surface area contributed by atoms with E-state index in [-0.39, 0.29) is 0 Å². The lowest BCUT2D eigenvalue weighted by Crippen LogP contribution is -2.52. The summed E-state index contributed by atoms with van der Waals surface area (Å²) >= 11 is 0. The molecule has 1 saturated heterocycles. The average molecular weight is 411 g/mol. The molecule has 7 nitrogen and oxygen atoms in total. The molecule has 1 aliphatic heterocycles. The van der Waals surface area contributed by atoms with E-state index in [9.17, 15) is 4.79 Å². The Morgan fingerprint density at radius 2 is 1.77 bits per heavy atom. The molecule has 0 atom stereocenters. The van der Waals surface area contributed by atoms with Crippen LogP contribution in [0.1, 0.15) is 21.5 Å². The van der Waals surface area contributed by atoms with Crippen LogP contribution in [0.2, 0.25) is 0 Å². The van der Waals surface area contributed by atoms with Gasteiger partial charge >= 0.3 is 5.97 Å². The van der Waals surface area contributed by atoms with E-state index >= 15 is 0 Å². The molecule has 2 aromatic rings. The zero-order chi connectivity index (χ0) is 21.3. The summed E-state index contributed by atoms with van der Waals surface area (Å²) in [4.78, 5) is 21.2. The van der Waals surface area contributed by atoms with E-state index < -0.39 is 5.97 Å². The number of piperazine rings is 1. The van der Waals surface area contributed by atoms with Crippen molar-refractivity contribution >= 4 is 11.9 Å². The fourth-order valence-corrected chi connectivity index (χ4v) is 3.61. The number of hydrogen-bond acceptors (Lipinski definition) is 5. The molecule has 7 heteroatoms. The van der Waals surface area contributed by atoms with Crippen LogP contribution in [0.25, 0.3) is 0 Å². The summed E-state index contributed by atoms with van der Waals surface area (Å²) < 4.78 is 10.1. The lowest BCUT2D eigenvalue weighted by atomic mass is 10.1. The van der Waals surface area contributed by atoms with E-state index in [1.807, 2.05) is 12.1 Å². The molecule has 3 rings (SSSR count). The second-order valence-corrected chi connectivity index (χ2v) is 7.18. The molecule has 30 heavy (non-hydrogen) atoms. The van der Waals surface area contributed by atoms with Crippen LogP contribution in [0.4, 0.5) is 0 Å². The Morgan fingerprint density at radius 3 is 2.40 bits per heavy atom. The molecular formula is C23H30N4O3. The fraction of sp³-hybridized carbons (Fsp3) is 0.391. The van der Waals surface area contributed by atoms with Crippen LogP contribution in [0, 0.1) is 0 Å². The molecule has 1 aliphatic rings. The van der Waals surface area contributed by atoms with Crippen molar-refractivity contribution in [2.24, 2.45) is 4.99 Å². The zero-order valence-electron chi connectivity index (χ0n) is 17.9. The number of ether oxygens (including phenoxy) is 2. The van der Waals surface area contributed by atoms with Crippen LogP contribution >= 0.6 is 0 Å². The van der Waals surface area contributed by atoms with E-state index in [1.165, 1.54) is 12.7 Å². The summed E-state index contributed by atoms with van der Waals surface area (Å²) in [6, 6.07) is 16.1. The molecule has 0 unspecified atom stereocenters. The van der Waals surface area contributed by atoms with Crippen molar-refractivity contribution in [1.82, 2.24) is 15.1 Å². The first-order chi connectivity index (χ1) is 14.6. The van der Waals surface area contributed by atoms with Gasteiger partial charge in [0.25, 0.3) is 0 Å². The topological polar surface area (TPSA) is 66.4 Å². The van der Waals surface area contributed by atoms with Crippen molar-refractivity contribution in [2.45, 2.75) is 13.1 Å². The summed E-state index contributed by atoms with van der Waals surface area (Å²) in [6.07, 6.45) is 0. The zero-order valence-corrected chi connectivity index (χ0v) is 17.9. The Labute approximate surface area is 178 Å². The minimum absolute atomic E-state index is 0.410. The Morgan fingerprint density at radius 1 is 1.03 bits per heavy atom. The maximum absolute atomic E-state index is 12.0.